The number of rotatable bonds is 5. The maximum Gasteiger partial charge on any atom is 0.190 e. The van der Waals surface area contributed by atoms with E-state index in [0.717, 1.165) is 23.0 Å². The SMILES string of the molecule is C=C(C)C(=C)[B]c1ccc(C(=C)C)c(CC)c1. The largest absolute Gasteiger partial charge is 0.190 e. The third-order valence-corrected chi connectivity index (χ3v) is 2.86. The second-order valence-electron chi connectivity index (χ2n) is 4.50. The summed E-state index contributed by atoms with van der Waals surface area (Å²) in [6, 6.07) is 6.45. The standard InChI is InChI=1S/C16H20B/c1-7-14-10-15(17-13(6)11(2)3)8-9-16(14)12(4)5/h8-10H,2,4,6-7H2,1,3,5H3. The van der Waals surface area contributed by atoms with Crippen molar-refractivity contribution in [3.05, 3.63) is 60.1 Å². The van der Waals surface area contributed by atoms with E-state index >= 15 is 0 Å². The lowest BCUT2D eigenvalue weighted by molar-refractivity contribution is 1.13. The van der Waals surface area contributed by atoms with Crippen molar-refractivity contribution in [1.82, 2.24) is 0 Å². The zero-order chi connectivity index (χ0) is 13.0. The summed E-state index contributed by atoms with van der Waals surface area (Å²) in [4.78, 5) is 0. The van der Waals surface area contributed by atoms with Crippen molar-refractivity contribution in [1.29, 1.82) is 0 Å². The van der Waals surface area contributed by atoms with E-state index < -0.39 is 0 Å². The number of hydrogen-bond donors (Lipinski definition) is 0. The van der Waals surface area contributed by atoms with Crippen LogP contribution in [0.4, 0.5) is 0 Å². The molecule has 0 aliphatic heterocycles. The molecule has 17 heavy (non-hydrogen) atoms. The van der Waals surface area contributed by atoms with E-state index in [1.165, 1.54) is 16.6 Å². The summed E-state index contributed by atoms with van der Waals surface area (Å²) in [5, 5.41) is 0. The Morgan fingerprint density at radius 3 is 2.29 bits per heavy atom. The molecule has 0 bridgehead atoms. The molecule has 0 fully saturated rings. The summed E-state index contributed by atoms with van der Waals surface area (Å²) < 4.78 is 0. The fourth-order valence-electron chi connectivity index (χ4n) is 1.74. The molecule has 0 spiro atoms. The molecular formula is C16H20B. The van der Waals surface area contributed by atoms with Crippen LogP contribution in [-0.2, 0) is 6.42 Å². The molecule has 0 nitrogen and oxygen atoms in total. The smallest absolute Gasteiger partial charge is 0.105 e. The lowest BCUT2D eigenvalue weighted by Gasteiger charge is -2.11. The van der Waals surface area contributed by atoms with Crippen molar-refractivity contribution >= 4 is 18.3 Å². The van der Waals surface area contributed by atoms with Gasteiger partial charge in [0.05, 0.1) is 0 Å². The maximum absolute atomic E-state index is 4.01. The molecule has 0 heterocycles. The van der Waals surface area contributed by atoms with Gasteiger partial charge < -0.3 is 0 Å². The minimum Gasteiger partial charge on any atom is -0.105 e. The predicted molar refractivity (Wildman–Crippen MR) is 79.9 cm³/mol. The highest BCUT2D eigenvalue weighted by Gasteiger charge is 2.05. The van der Waals surface area contributed by atoms with Gasteiger partial charge in [-0.1, -0.05) is 60.4 Å². The second kappa shape index (κ2) is 5.72. The van der Waals surface area contributed by atoms with Crippen molar-refractivity contribution in [2.24, 2.45) is 0 Å². The quantitative estimate of drug-likeness (QED) is 0.527. The average Bonchev–Trinajstić information content (AvgIpc) is 2.28. The summed E-state index contributed by atoms with van der Waals surface area (Å²) in [7, 11) is 2.07. The fraction of sp³-hybridized carbons (Fsp3) is 0.250. The van der Waals surface area contributed by atoms with Crippen LogP contribution in [-0.4, -0.2) is 7.28 Å². The molecule has 0 aromatic heterocycles. The van der Waals surface area contributed by atoms with E-state index in [1.807, 2.05) is 13.8 Å². The van der Waals surface area contributed by atoms with Crippen LogP contribution in [0.5, 0.6) is 0 Å². The summed E-state index contributed by atoms with van der Waals surface area (Å²) in [5.74, 6) is 0. The molecule has 0 saturated heterocycles. The van der Waals surface area contributed by atoms with E-state index in [9.17, 15) is 0 Å². The van der Waals surface area contributed by atoms with Gasteiger partial charge in [-0.25, -0.2) is 0 Å². The molecule has 0 saturated carbocycles. The normalized spacial score (nSPS) is 9.82. The van der Waals surface area contributed by atoms with E-state index in [4.69, 9.17) is 0 Å². The Bertz CT molecular complexity index is 466. The topological polar surface area (TPSA) is 0 Å². The third kappa shape index (κ3) is 3.49. The van der Waals surface area contributed by atoms with Crippen LogP contribution < -0.4 is 5.46 Å². The van der Waals surface area contributed by atoms with Crippen molar-refractivity contribution in [3.63, 3.8) is 0 Å². The molecule has 0 atom stereocenters. The Morgan fingerprint density at radius 1 is 1.18 bits per heavy atom. The number of hydrogen-bond acceptors (Lipinski definition) is 0. The Morgan fingerprint density at radius 2 is 1.82 bits per heavy atom. The fourth-order valence-corrected chi connectivity index (χ4v) is 1.74. The Labute approximate surface area is 106 Å². The number of benzene rings is 1. The van der Waals surface area contributed by atoms with Gasteiger partial charge in [-0.2, -0.15) is 0 Å². The predicted octanol–water partition coefficient (Wildman–Crippen LogP) is 3.70. The summed E-state index contributed by atoms with van der Waals surface area (Å²) in [6.45, 7) is 18.1. The van der Waals surface area contributed by atoms with Crippen molar-refractivity contribution in [3.8, 4) is 0 Å². The molecular weight excluding hydrogens is 203 g/mol. The van der Waals surface area contributed by atoms with Crippen molar-refractivity contribution in [2.45, 2.75) is 27.2 Å². The molecule has 0 amide bonds. The van der Waals surface area contributed by atoms with Crippen LogP contribution in [0.2, 0.25) is 0 Å². The molecule has 1 radical (unpaired) electrons. The van der Waals surface area contributed by atoms with Gasteiger partial charge in [0.2, 0.25) is 0 Å². The first-order valence-electron chi connectivity index (χ1n) is 5.94. The Kier molecular flexibility index (Phi) is 4.57. The molecule has 0 unspecified atom stereocenters. The van der Waals surface area contributed by atoms with E-state index in [2.05, 4.69) is 52.1 Å². The second-order valence-corrected chi connectivity index (χ2v) is 4.50. The Hall–Kier alpha value is -1.50. The lowest BCUT2D eigenvalue weighted by Crippen LogP contribution is -2.17. The monoisotopic (exact) mass is 223 g/mol. The van der Waals surface area contributed by atoms with Crippen LogP contribution >= 0.6 is 0 Å². The highest BCUT2D eigenvalue weighted by molar-refractivity contribution is 6.62. The van der Waals surface area contributed by atoms with Crippen LogP contribution in [0.15, 0.2) is 49.0 Å². The van der Waals surface area contributed by atoms with Gasteiger partial charge in [-0.05, 0) is 31.4 Å². The summed E-state index contributed by atoms with van der Waals surface area (Å²) >= 11 is 0. The average molecular weight is 223 g/mol. The van der Waals surface area contributed by atoms with Gasteiger partial charge in [0.1, 0.15) is 0 Å². The first kappa shape index (κ1) is 13.6. The molecule has 1 heteroatoms. The molecule has 1 aromatic rings. The van der Waals surface area contributed by atoms with E-state index in [-0.39, 0.29) is 0 Å². The molecule has 0 N–H and O–H groups in total. The summed E-state index contributed by atoms with van der Waals surface area (Å²) in [6.07, 6.45) is 1.02. The lowest BCUT2D eigenvalue weighted by atomic mass is 9.61. The van der Waals surface area contributed by atoms with Gasteiger partial charge >= 0.3 is 0 Å². The van der Waals surface area contributed by atoms with Crippen LogP contribution in [0.25, 0.3) is 5.57 Å². The highest BCUT2D eigenvalue weighted by Crippen LogP contribution is 2.16. The molecule has 87 valence electrons. The third-order valence-electron chi connectivity index (χ3n) is 2.86. The maximum atomic E-state index is 4.01. The van der Waals surface area contributed by atoms with Crippen LogP contribution in [0, 0.1) is 0 Å². The molecule has 0 aliphatic rings. The minimum atomic E-state index is 0.982. The first-order valence-corrected chi connectivity index (χ1v) is 5.94. The van der Waals surface area contributed by atoms with Gasteiger partial charge in [-0.15, -0.1) is 6.58 Å². The first-order chi connectivity index (χ1) is 7.95. The van der Waals surface area contributed by atoms with Gasteiger partial charge in [0, 0.05) is 0 Å². The van der Waals surface area contributed by atoms with Crippen LogP contribution in [0.3, 0.4) is 0 Å². The minimum absolute atomic E-state index is 0.982. The Balaban J connectivity index is 3.01. The van der Waals surface area contributed by atoms with Gasteiger partial charge in [0.25, 0.3) is 0 Å². The molecule has 1 rings (SSSR count). The highest BCUT2D eigenvalue weighted by atomic mass is 14.0. The van der Waals surface area contributed by atoms with Crippen molar-refractivity contribution < 1.29 is 0 Å². The van der Waals surface area contributed by atoms with Gasteiger partial charge in [-0.3, -0.25) is 0 Å². The molecule has 1 aromatic carbocycles. The summed E-state index contributed by atoms with van der Waals surface area (Å²) in [5.41, 5.74) is 6.88. The van der Waals surface area contributed by atoms with E-state index in [1.54, 1.807) is 0 Å². The molecule has 0 aliphatic carbocycles. The van der Waals surface area contributed by atoms with Gasteiger partial charge in [0.15, 0.2) is 7.28 Å². The zero-order valence-corrected chi connectivity index (χ0v) is 11.1. The number of aryl methyl sites for hydroxylation is 1. The van der Waals surface area contributed by atoms with Crippen molar-refractivity contribution in [2.75, 3.05) is 0 Å². The zero-order valence-electron chi connectivity index (χ0n) is 11.1. The van der Waals surface area contributed by atoms with E-state index in [0.29, 0.717) is 0 Å². The van der Waals surface area contributed by atoms with Crippen LogP contribution in [0.1, 0.15) is 31.9 Å². The number of allylic oxidation sites excluding steroid dienone is 3.